The van der Waals surface area contributed by atoms with Crippen molar-refractivity contribution in [2.45, 2.75) is 55.9 Å². The molecular formula is C36H41N7O10. The molecule has 1 aromatic heterocycles. The van der Waals surface area contributed by atoms with E-state index in [1.807, 2.05) is 0 Å². The van der Waals surface area contributed by atoms with E-state index in [4.69, 9.17) is 5.73 Å². The van der Waals surface area contributed by atoms with E-state index in [0.29, 0.717) is 22.4 Å². The minimum Gasteiger partial charge on any atom is -0.508 e. The lowest BCUT2D eigenvalue weighted by atomic mass is 10.0. The summed E-state index contributed by atoms with van der Waals surface area (Å²) in [6.45, 7) is -0.706. The Morgan fingerprint density at radius 1 is 0.585 bits per heavy atom. The molecule has 0 spiro atoms. The van der Waals surface area contributed by atoms with Crippen LogP contribution in [0.25, 0.3) is 0 Å². The van der Waals surface area contributed by atoms with Crippen molar-refractivity contribution in [2.24, 2.45) is 5.73 Å². The van der Waals surface area contributed by atoms with Gasteiger partial charge in [0.2, 0.25) is 23.6 Å². The number of hydrogen-bond acceptors (Lipinski definition) is 11. The van der Waals surface area contributed by atoms with Gasteiger partial charge in [0.25, 0.3) is 0 Å². The topological polar surface area (TPSA) is 289 Å². The Bertz CT molecular complexity index is 1840. The molecule has 0 aliphatic rings. The average Bonchev–Trinajstić information content (AvgIpc) is 3.65. The maximum atomic E-state index is 14.0. The van der Waals surface area contributed by atoms with Gasteiger partial charge in [-0.2, -0.15) is 0 Å². The van der Waals surface area contributed by atoms with E-state index in [2.05, 4.69) is 31.2 Å². The number of benzene rings is 3. The van der Waals surface area contributed by atoms with Gasteiger partial charge in [-0.05, 0) is 53.1 Å². The van der Waals surface area contributed by atoms with Crippen LogP contribution in [-0.4, -0.2) is 102 Å². The van der Waals surface area contributed by atoms with Gasteiger partial charge >= 0.3 is 5.97 Å². The van der Waals surface area contributed by atoms with E-state index in [1.165, 1.54) is 85.3 Å². The fourth-order valence-corrected chi connectivity index (χ4v) is 5.23. The predicted octanol–water partition coefficient (Wildman–Crippen LogP) is -0.859. The molecule has 12 N–H and O–H groups in total. The highest BCUT2D eigenvalue weighted by atomic mass is 16.4. The van der Waals surface area contributed by atoms with Crippen molar-refractivity contribution in [1.82, 2.24) is 31.2 Å². The first-order valence-electron chi connectivity index (χ1n) is 16.4. The number of phenolic OH excluding ortho intramolecular Hbond substituents is 3. The van der Waals surface area contributed by atoms with Crippen LogP contribution in [0.4, 0.5) is 0 Å². The Hall–Kier alpha value is -6.46. The summed E-state index contributed by atoms with van der Waals surface area (Å²) in [6.07, 6.45) is 2.23. The standard InChI is InChI=1S/C36H41N7O10/c37-27(18-44)32(48)40-28(13-20-1-7-24(45)8-2-20)33(49)41-29(14-21-3-9-25(46)10-4-21)34(50)42-30(16-23-17-38-19-39-23)35(51)43-31(36(52)53)15-22-5-11-26(47)12-6-22/h1-12,17,19,27-31,44-47H,13-16,18,37H2,(H,38,39)(H,40,48)(H,41,49)(H,42,50)(H,43,51)(H,52,53)/t27-,28-,29-,30-,31-/m0/s1. The van der Waals surface area contributed by atoms with Crippen LogP contribution in [0.3, 0.4) is 0 Å². The molecule has 0 aliphatic carbocycles. The van der Waals surface area contributed by atoms with Gasteiger partial charge in [0.1, 0.15) is 47.5 Å². The number of carbonyl (C=O) groups excluding carboxylic acids is 4. The fraction of sp³-hybridized carbons (Fsp3) is 0.278. The number of rotatable bonds is 18. The van der Waals surface area contributed by atoms with Crippen molar-refractivity contribution in [3.05, 3.63) is 108 Å². The van der Waals surface area contributed by atoms with E-state index in [-0.39, 0.29) is 42.9 Å². The number of aromatic hydroxyl groups is 3. The highest BCUT2D eigenvalue weighted by Gasteiger charge is 2.32. The van der Waals surface area contributed by atoms with Crippen molar-refractivity contribution in [2.75, 3.05) is 6.61 Å². The van der Waals surface area contributed by atoms with Crippen LogP contribution in [-0.2, 0) is 49.7 Å². The molecule has 0 radical (unpaired) electrons. The molecule has 5 atom stereocenters. The molecule has 53 heavy (non-hydrogen) atoms. The number of carbonyl (C=O) groups is 5. The summed E-state index contributed by atoms with van der Waals surface area (Å²) in [5.41, 5.74) is 7.64. The van der Waals surface area contributed by atoms with Crippen LogP contribution in [0.1, 0.15) is 22.4 Å². The Morgan fingerprint density at radius 2 is 0.943 bits per heavy atom. The molecule has 0 fully saturated rings. The zero-order valence-corrected chi connectivity index (χ0v) is 28.3. The number of carboxylic acid groups (broad SMARTS) is 1. The van der Waals surface area contributed by atoms with E-state index in [1.54, 1.807) is 0 Å². The van der Waals surface area contributed by atoms with E-state index in [9.17, 15) is 49.5 Å². The molecule has 0 aliphatic heterocycles. The predicted molar refractivity (Wildman–Crippen MR) is 188 cm³/mol. The minimum atomic E-state index is -1.42. The number of nitrogens with one attached hydrogen (secondary N) is 5. The van der Waals surface area contributed by atoms with Gasteiger partial charge in [-0.25, -0.2) is 9.78 Å². The monoisotopic (exact) mass is 731 g/mol. The fourth-order valence-electron chi connectivity index (χ4n) is 5.23. The zero-order valence-electron chi connectivity index (χ0n) is 28.3. The number of aromatic amines is 1. The van der Waals surface area contributed by atoms with Gasteiger partial charge in [-0.15, -0.1) is 0 Å². The van der Waals surface area contributed by atoms with Gasteiger partial charge in [0, 0.05) is 37.6 Å². The third kappa shape index (κ3) is 12.1. The number of phenols is 3. The first-order valence-corrected chi connectivity index (χ1v) is 16.4. The number of hydrogen-bond donors (Lipinski definition) is 11. The molecule has 3 aromatic carbocycles. The van der Waals surface area contributed by atoms with Crippen LogP contribution in [0.5, 0.6) is 17.2 Å². The number of nitrogens with zero attached hydrogens (tertiary/aromatic N) is 1. The molecule has 1 heterocycles. The number of aliphatic hydroxyl groups is 1. The summed E-state index contributed by atoms with van der Waals surface area (Å²) in [6, 6.07) is 10.5. The van der Waals surface area contributed by atoms with Gasteiger partial charge in [0.15, 0.2) is 0 Å². The van der Waals surface area contributed by atoms with Crippen molar-refractivity contribution >= 4 is 29.6 Å². The van der Waals surface area contributed by atoms with Crippen LogP contribution < -0.4 is 27.0 Å². The molecule has 4 aromatic rings. The van der Waals surface area contributed by atoms with Crippen LogP contribution >= 0.6 is 0 Å². The first kappa shape index (κ1) is 39.3. The summed E-state index contributed by atoms with van der Waals surface area (Å²) < 4.78 is 0. The Labute approximate surface area is 303 Å². The van der Waals surface area contributed by atoms with Crippen LogP contribution in [0, 0.1) is 0 Å². The van der Waals surface area contributed by atoms with Crippen molar-refractivity contribution in [3.8, 4) is 17.2 Å². The molecule has 0 bridgehead atoms. The molecule has 0 saturated carbocycles. The van der Waals surface area contributed by atoms with E-state index < -0.39 is 66.4 Å². The molecule has 4 rings (SSSR count). The highest BCUT2D eigenvalue weighted by molar-refractivity contribution is 5.95. The number of aromatic nitrogens is 2. The number of imidazole rings is 1. The van der Waals surface area contributed by atoms with Crippen LogP contribution in [0.15, 0.2) is 85.3 Å². The van der Waals surface area contributed by atoms with Gasteiger partial charge in [-0.3, -0.25) is 19.2 Å². The number of aliphatic carboxylic acids is 1. The van der Waals surface area contributed by atoms with Crippen molar-refractivity contribution in [3.63, 3.8) is 0 Å². The molecular weight excluding hydrogens is 690 g/mol. The largest absolute Gasteiger partial charge is 0.508 e. The van der Waals surface area contributed by atoms with Gasteiger partial charge in [-0.1, -0.05) is 36.4 Å². The molecule has 4 amide bonds. The zero-order chi connectivity index (χ0) is 38.5. The number of H-pyrrole nitrogens is 1. The smallest absolute Gasteiger partial charge is 0.326 e. The number of aliphatic hydroxyl groups excluding tert-OH is 1. The number of amides is 4. The Balaban J connectivity index is 1.60. The Morgan fingerprint density at radius 3 is 1.30 bits per heavy atom. The number of nitrogens with two attached hydrogens (primary N) is 1. The second-order valence-electron chi connectivity index (χ2n) is 12.3. The lowest BCUT2D eigenvalue weighted by Gasteiger charge is -2.26. The summed E-state index contributed by atoms with van der Waals surface area (Å²) in [5, 5.41) is 58.6. The summed E-state index contributed by atoms with van der Waals surface area (Å²) >= 11 is 0. The van der Waals surface area contributed by atoms with Gasteiger partial charge < -0.3 is 57.5 Å². The van der Waals surface area contributed by atoms with Crippen molar-refractivity contribution in [1.29, 1.82) is 0 Å². The summed E-state index contributed by atoms with van der Waals surface area (Å²) in [7, 11) is 0. The maximum Gasteiger partial charge on any atom is 0.326 e. The molecule has 0 saturated heterocycles. The quantitative estimate of drug-likeness (QED) is 0.0596. The van der Waals surface area contributed by atoms with Gasteiger partial charge in [0.05, 0.1) is 12.9 Å². The SMILES string of the molecule is N[C@@H](CO)C(=O)N[C@@H](Cc1ccc(O)cc1)C(=O)N[C@@H](Cc1ccc(O)cc1)C(=O)N[C@@H](Cc1cnc[nH]1)C(=O)N[C@@H](Cc1ccc(O)cc1)C(=O)O. The summed E-state index contributed by atoms with van der Waals surface area (Å²) in [4.78, 5) is 73.2. The normalized spacial score (nSPS) is 13.8. The minimum absolute atomic E-state index is 0.0243. The Kier molecular flexibility index (Phi) is 13.9. The number of carboxylic acids is 1. The first-order chi connectivity index (χ1) is 25.3. The molecule has 17 nitrogen and oxygen atoms in total. The average molecular weight is 732 g/mol. The highest BCUT2D eigenvalue weighted by Crippen LogP contribution is 2.15. The molecule has 17 heteroatoms. The lowest BCUT2D eigenvalue weighted by molar-refractivity contribution is -0.142. The summed E-state index contributed by atoms with van der Waals surface area (Å²) in [5.74, 6) is -4.83. The second-order valence-corrected chi connectivity index (χ2v) is 12.3. The lowest BCUT2D eigenvalue weighted by Crippen LogP contribution is -2.60. The third-order valence-corrected chi connectivity index (χ3v) is 8.15. The molecule has 280 valence electrons. The van der Waals surface area contributed by atoms with E-state index in [0.717, 1.165) is 0 Å². The second kappa shape index (κ2) is 18.7. The third-order valence-electron chi connectivity index (χ3n) is 8.15. The molecule has 0 unspecified atom stereocenters. The van der Waals surface area contributed by atoms with E-state index >= 15 is 0 Å². The van der Waals surface area contributed by atoms with Crippen molar-refractivity contribution < 1.29 is 49.5 Å². The van der Waals surface area contributed by atoms with Crippen LogP contribution in [0.2, 0.25) is 0 Å². The maximum absolute atomic E-state index is 14.0.